The van der Waals surface area contributed by atoms with E-state index in [1.54, 1.807) is 19.4 Å². The normalized spacial score (nSPS) is 12.8. The number of fused-ring (bicyclic) bond motifs is 1. The third-order valence-corrected chi connectivity index (χ3v) is 5.93. The summed E-state index contributed by atoms with van der Waals surface area (Å²) >= 11 is 3.45. The van der Waals surface area contributed by atoms with Gasteiger partial charge in [-0.15, -0.1) is 0 Å². The fraction of sp³-hybridized carbons (Fsp3) is 0.375. The van der Waals surface area contributed by atoms with Crippen molar-refractivity contribution in [1.29, 1.82) is 0 Å². The van der Waals surface area contributed by atoms with Crippen molar-refractivity contribution in [2.24, 2.45) is 5.10 Å². The molecule has 0 unspecified atom stereocenters. The van der Waals surface area contributed by atoms with Crippen LogP contribution in [-0.4, -0.2) is 23.0 Å². The number of aryl methyl sites for hydroxylation is 1. The number of nitrogens with zero attached hydrogens (tertiary/aromatic N) is 3. The second kappa shape index (κ2) is 9.13. The minimum Gasteiger partial charge on any atom is -0.496 e. The van der Waals surface area contributed by atoms with Gasteiger partial charge in [0.15, 0.2) is 0 Å². The average molecular weight is 470 g/mol. The lowest BCUT2D eigenvalue weighted by Crippen LogP contribution is -2.23. The number of hydrogen-bond donors (Lipinski definition) is 0. The molecule has 0 bridgehead atoms. The summed E-state index contributed by atoms with van der Waals surface area (Å²) in [5.74, 6) is 1.95. The Morgan fingerprint density at radius 3 is 2.60 bits per heavy atom. The fourth-order valence-electron chi connectivity index (χ4n) is 3.38. The standard InChI is InChI=1S/C24H28BrN3O2/c1-7-15(4)23-27-21-9-8-18(25)12-20(21)24(29)28(23)26-13-17-11-19(14(2)3)22(30-6)10-16(17)5/h8-15H,7H2,1-6H3/t15-/m0/s1. The lowest BCUT2D eigenvalue weighted by molar-refractivity contribution is 0.407. The molecule has 1 aromatic heterocycles. The first-order valence-electron chi connectivity index (χ1n) is 10.2. The van der Waals surface area contributed by atoms with Crippen molar-refractivity contribution in [3.63, 3.8) is 0 Å². The van der Waals surface area contributed by atoms with Crippen LogP contribution in [0.3, 0.4) is 0 Å². The van der Waals surface area contributed by atoms with E-state index in [0.29, 0.717) is 22.6 Å². The van der Waals surface area contributed by atoms with E-state index in [-0.39, 0.29) is 11.5 Å². The van der Waals surface area contributed by atoms with Gasteiger partial charge in [-0.1, -0.05) is 43.6 Å². The second-order valence-corrected chi connectivity index (χ2v) is 8.82. The summed E-state index contributed by atoms with van der Waals surface area (Å²) in [7, 11) is 1.69. The van der Waals surface area contributed by atoms with Gasteiger partial charge in [-0.2, -0.15) is 9.78 Å². The summed E-state index contributed by atoms with van der Waals surface area (Å²) in [6, 6.07) is 9.67. The van der Waals surface area contributed by atoms with Gasteiger partial charge in [-0.3, -0.25) is 4.79 Å². The Hall–Kier alpha value is -2.47. The molecule has 1 heterocycles. The van der Waals surface area contributed by atoms with Crippen molar-refractivity contribution >= 4 is 33.0 Å². The van der Waals surface area contributed by atoms with Crippen LogP contribution in [0.25, 0.3) is 10.9 Å². The number of benzene rings is 2. The van der Waals surface area contributed by atoms with Crippen molar-refractivity contribution in [2.45, 2.75) is 52.9 Å². The quantitative estimate of drug-likeness (QED) is 0.416. The molecule has 158 valence electrons. The number of halogens is 1. The van der Waals surface area contributed by atoms with Crippen molar-refractivity contribution < 1.29 is 4.74 Å². The molecule has 0 spiro atoms. The van der Waals surface area contributed by atoms with Crippen LogP contribution in [0.15, 0.2) is 44.7 Å². The molecule has 0 aliphatic carbocycles. The van der Waals surface area contributed by atoms with Gasteiger partial charge in [0.2, 0.25) is 0 Å². The highest BCUT2D eigenvalue weighted by Gasteiger charge is 2.16. The largest absolute Gasteiger partial charge is 0.496 e. The van der Waals surface area contributed by atoms with Gasteiger partial charge in [0, 0.05) is 10.4 Å². The van der Waals surface area contributed by atoms with Gasteiger partial charge >= 0.3 is 0 Å². The van der Waals surface area contributed by atoms with Crippen LogP contribution in [0.5, 0.6) is 5.75 Å². The van der Waals surface area contributed by atoms with Crippen LogP contribution < -0.4 is 10.3 Å². The zero-order valence-corrected chi connectivity index (χ0v) is 19.9. The molecule has 0 aliphatic rings. The maximum absolute atomic E-state index is 13.3. The second-order valence-electron chi connectivity index (χ2n) is 7.91. The monoisotopic (exact) mass is 469 g/mol. The first kappa shape index (κ1) is 22.2. The van der Waals surface area contributed by atoms with Crippen LogP contribution >= 0.6 is 15.9 Å². The van der Waals surface area contributed by atoms with Gasteiger partial charge in [0.25, 0.3) is 5.56 Å². The summed E-state index contributed by atoms with van der Waals surface area (Å²) in [5.41, 5.74) is 3.63. The molecule has 2 aromatic carbocycles. The summed E-state index contributed by atoms with van der Waals surface area (Å²) in [5, 5.41) is 5.15. The Morgan fingerprint density at radius 1 is 1.23 bits per heavy atom. The highest BCUT2D eigenvalue weighted by Crippen LogP contribution is 2.29. The van der Waals surface area contributed by atoms with Crippen molar-refractivity contribution in [1.82, 2.24) is 9.66 Å². The first-order valence-corrected chi connectivity index (χ1v) is 11.0. The molecule has 0 aliphatic heterocycles. The molecule has 1 atom stereocenters. The van der Waals surface area contributed by atoms with E-state index < -0.39 is 0 Å². The SMILES string of the molecule is CC[C@H](C)c1nc2ccc(Br)cc2c(=O)n1N=Cc1cc(C(C)C)c(OC)cc1C. The maximum Gasteiger partial charge on any atom is 0.282 e. The van der Waals surface area contributed by atoms with Crippen LogP contribution in [0.4, 0.5) is 0 Å². The molecule has 5 nitrogen and oxygen atoms in total. The number of aromatic nitrogens is 2. The molecule has 3 rings (SSSR count). The number of methoxy groups -OCH3 is 1. The molecule has 3 aromatic rings. The summed E-state index contributed by atoms with van der Waals surface area (Å²) < 4.78 is 7.82. The highest BCUT2D eigenvalue weighted by atomic mass is 79.9. The van der Waals surface area contributed by atoms with Crippen LogP contribution in [-0.2, 0) is 0 Å². The zero-order valence-electron chi connectivity index (χ0n) is 18.4. The van der Waals surface area contributed by atoms with E-state index in [9.17, 15) is 4.79 Å². The topological polar surface area (TPSA) is 56.5 Å². The van der Waals surface area contributed by atoms with E-state index in [0.717, 1.165) is 33.3 Å². The van der Waals surface area contributed by atoms with E-state index in [1.807, 2.05) is 25.1 Å². The molecular formula is C24H28BrN3O2. The van der Waals surface area contributed by atoms with Crippen molar-refractivity contribution in [3.8, 4) is 5.75 Å². The van der Waals surface area contributed by atoms with Crippen LogP contribution in [0, 0.1) is 6.92 Å². The smallest absolute Gasteiger partial charge is 0.282 e. The third kappa shape index (κ3) is 4.33. The lowest BCUT2D eigenvalue weighted by atomic mass is 9.97. The predicted molar refractivity (Wildman–Crippen MR) is 127 cm³/mol. The van der Waals surface area contributed by atoms with E-state index in [2.05, 4.69) is 54.8 Å². The predicted octanol–water partition coefficient (Wildman–Crippen LogP) is 6.00. The van der Waals surface area contributed by atoms with Gasteiger partial charge in [-0.05, 0) is 66.3 Å². The molecule has 30 heavy (non-hydrogen) atoms. The van der Waals surface area contributed by atoms with Crippen LogP contribution in [0.1, 0.15) is 68.5 Å². The molecule has 0 amide bonds. The fourth-order valence-corrected chi connectivity index (χ4v) is 3.74. The first-order chi connectivity index (χ1) is 14.3. The number of ether oxygens (including phenoxy) is 1. The van der Waals surface area contributed by atoms with Crippen LogP contribution in [0.2, 0.25) is 0 Å². The summed E-state index contributed by atoms with van der Waals surface area (Å²) in [6.45, 7) is 10.4. The molecule has 0 fully saturated rings. The Balaban J connectivity index is 2.19. The van der Waals surface area contributed by atoms with Gasteiger partial charge in [0.1, 0.15) is 11.6 Å². The Bertz CT molecular complexity index is 1170. The van der Waals surface area contributed by atoms with E-state index >= 15 is 0 Å². The number of rotatable bonds is 6. The number of hydrogen-bond acceptors (Lipinski definition) is 4. The lowest BCUT2D eigenvalue weighted by Gasteiger charge is -2.15. The van der Waals surface area contributed by atoms with Crippen molar-refractivity contribution in [3.05, 3.63) is 67.7 Å². The average Bonchev–Trinajstić information content (AvgIpc) is 2.73. The maximum atomic E-state index is 13.3. The molecule has 0 saturated heterocycles. The molecule has 6 heteroatoms. The molecular weight excluding hydrogens is 442 g/mol. The highest BCUT2D eigenvalue weighted by molar-refractivity contribution is 9.10. The third-order valence-electron chi connectivity index (χ3n) is 5.44. The van der Waals surface area contributed by atoms with Gasteiger partial charge in [-0.25, -0.2) is 4.98 Å². The molecule has 0 radical (unpaired) electrons. The summed E-state index contributed by atoms with van der Waals surface area (Å²) in [4.78, 5) is 18.0. The van der Waals surface area contributed by atoms with Gasteiger partial charge < -0.3 is 4.74 Å². The summed E-state index contributed by atoms with van der Waals surface area (Å²) in [6.07, 6.45) is 2.61. The minimum absolute atomic E-state index is 0.103. The molecule has 0 saturated carbocycles. The van der Waals surface area contributed by atoms with Gasteiger partial charge in [0.05, 0.1) is 24.2 Å². The van der Waals surface area contributed by atoms with E-state index in [4.69, 9.17) is 9.72 Å². The zero-order chi connectivity index (χ0) is 22.0. The Labute approximate surface area is 185 Å². The van der Waals surface area contributed by atoms with Crippen molar-refractivity contribution in [2.75, 3.05) is 7.11 Å². The molecule has 0 N–H and O–H groups in total. The Kier molecular flexibility index (Phi) is 6.76. The minimum atomic E-state index is -0.164. The Morgan fingerprint density at radius 2 is 1.97 bits per heavy atom. The van der Waals surface area contributed by atoms with E-state index in [1.165, 1.54) is 4.68 Å².